The van der Waals surface area contributed by atoms with E-state index in [1.165, 1.54) is 25.7 Å². The highest BCUT2D eigenvalue weighted by molar-refractivity contribution is 5.38. The number of fused-ring (bicyclic) bond motifs is 5. The molecule has 8 unspecified atom stereocenters. The molecule has 0 saturated heterocycles. The Balaban J connectivity index is 1.42. The largest absolute Gasteiger partial charge is 0.393 e. The Labute approximate surface area is 176 Å². The molecular weight excluding hydrogens is 356 g/mol. The maximum atomic E-state index is 11.7. The molecule has 29 heavy (non-hydrogen) atoms. The second-order valence-corrected chi connectivity index (χ2v) is 11.1. The first kappa shape index (κ1) is 19.7. The molecule has 0 radical (unpaired) electrons. The summed E-state index contributed by atoms with van der Waals surface area (Å²) in [5, 5.41) is 21.9. The van der Waals surface area contributed by atoms with Crippen LogP contribution in [0.15, 0.2) is 30.3 Å². The van der Waals surface area contributed by atoms with Crippen LogP contribution in [0, 0.1) is 46.3 Å². The van der Waals surface area contributed by atoms with E-state index in [2.05, 4.69) is 25.7 Å². The summed E-state index contributed by atoms with van der Waals surface area (Å²) in [5.74, 6) is 9.40. The van der Waals surface area contributed by atoms with Crippen LogP contribution in [0.3, 0.4) is 0 Å². The van der Waals surface area contributed by atoms with Crippen LogP contribution < -0.4 is 0 Å². The lowest BCUT2D eigenvalue weighted by Gasteiger charge is -2.61. The van der Waals surface area contributed by atoms with Crippen molar-refractivity contribution in [3.05, 3.63) is 35.9 Å². The van der Waals surface area contributed by atoms with Crippen molar-refractivity contribution < 1.29 is 10.2 Å². The second kappa shape index (κ2) is 6.86. The average Bonchev–Trinajstić information content (AvgIpc) is 2.99. The van der Waals surface area contributed by atoms with Crippen molar-refractivity contribution in [1.29, 1.82) is 0 Å². The van der Waals surface area contributed by atoms with Crippen LogP contribution in [0.4, 0.5) is 0 Å². The molecule has 5 rings (SSSR count). The molecule has 2 heteroatoms. The Morgan fingerprint density at radius 3 is 2.45 bits per heavy atom. The first-order valence-corrected chi connectivity index (χ1v) is 11.8. The van der Waals surface area contributed by atoms with E-state index in [0.29, 0.717) is 17.3 Å². The van der Waals surface area contributed by atoms with Gasteiger partial charge in [0.25, 0.3) is 0 Å². The molecule has 0 heterocycles. The zero-order valence-electron chi connectivity index (χ0n) is 18.0. The predicted octanol–water partition coefficient (Wildman–Crippen LogP) is 5.17. The number of aliphatic hydroxyl groups excluding tert-OH is 1. The standard InChI is InChI=1S/C27H36O2/c1-25-14-11-21(28)18-20(25)8-9-22-23(25)12-15-26(2)24(22)13-17-27(26,29)16-10-19-6-4-3-5-7-19/h3-7,20-24,28-29H,8-9,11-15,17-18H2,1-2H3. The highest BCUT2D eigenvalue weighted by Gasteiger charge is 2.64. The molecule has 2 N–H and O–H groups in total. The molecule has 4 fully saturated rings. The monoisotopic (exact) mass is 392 g/mol. The van der Waals surface area contributed by atoms with Gasteiger partial charge in [-0.2, -0.15) is 0 Å². The average molecular weight is 393 g/mol. The lowest BCUT2D eigenvalue weighted by molar-refractivity contribution is -0.144. The van der Waals surface area contributed by atoms with Gasteiger partial charge < -0.3 is 10.2 Å². The number of rotatable bonds is 0. The van der Waals surface area contributed by atoms with Gasteiger partial charge in [-0.25, -0.2) is 0 Å². The van der Waals surface area contributed by atoms with Crippen molar-refractivity contribution in [2.75, 3.05) is 0 Å². The minimum absolute atomic E-state index is 0.0803. The Kier molecular flexibility index (Phi) is 4.65. The normalized spacial score (nSPS) is 48.6. The molecule has 1 aromatic rings. The Morgan fingerprint density at radius 2 is 1.66 bits per heavy atom. The van der Waals surface area contributed by atoms with E-state index in [9.17, 15) is 10.2 Å². The number of aliphatic hydroxyl groups is 2. The quantitative estimate of drug-likeness (QED) is 0.598. The molecule has 0 spiro atoms. The van der Waals surface area contributed by atoms with Crippen LogP contribution in [0.25, 0.3) is 0 Å². The summed E-state index contributed by atoms with van der Waals surface area (Å²) in [7, 11) is 0. The van der Waals surface area contributed by atoms with Gasteiger partial charge in [-0.3, -0.25) is 0 Å². The van der Waals surface area contributed by atoms with Crippen LogP contribution >= 0.6 is 0 Å². The molecule has 4 aliphatic rings. The number of hydrogen-bond donors (Lipinski definition) is 2. The van der Waals surface area contributed by atoms with E-state index >= 15 is 0 Å². The summed E-state index contributed by atoms with van der Waals surface area (Å²) >= 11 is 0. The summed E-state index contributed by atoms with van der Waals surface area (Å²) < 4.78 is 0. The summed E-state index contributed by atoms with van der Waals surface area (Å²) in [6, 6.07) is 10.1. The highest BCUT2D eigenvalue weighted by Crippen LogP contribution is 2.68. The van der Waals surface area contributed by atoms with E-state index in [0.717, 1.165) is 49.5 Å². The third kappa shape index (κ3) is 2.92. The van der Waals surface area contributed by atoms with Gasteiger partial charge in [0.2, 0.25) is 0 Å². The minimum atomic E-state index is -0.862. The first-order valence-electron chi connectivity index (χ1n) is 11.8. The van der Waals surface area contributed by atoms with E-state index in [1.807, 2.05) is 30.3 Å². The van der Waals surface area contributed by atoms with Gasteiger partial charge >= 0.3 is 0 Å². The summed E-state index contributed by atoms with van der Waals surface area (Å²) in [4.78, 5) is 0. The van der Waals surface area contributed by atoms with Gasteiger partial charge in [-0.05, 0) is 99.0 Å². The van der Waals surface area contributed by atoms with Gasteiger partial charge in [-0.1, -0.05) is 43.9 Å². The van der Waals surface area contributed by atoms with Crippen LogP contribution in [0.5, 0.6) is 0 Å². The van der Waals surface area contributed by atoms with Gasteiger partial charge in [0.1, 0.15) is 5.60 Å². The molecule has 0 bridgehead atoms. The third-order valence-electron chi connectivity index (χ3n) is 9.98. The summed E-state index contributed by atoms with van der Waals surface area (Å²) in [6.07, 6.45) is 9.86. The maximum Gasteiger partial charge on any atom is 0.131 e. The summed E-state index contributed by atoms with van der Waals surface area (Å²) in [5.41, 5.74) is 0.433. The SMILES string of the molecule is CC12CCC(O)CC1CCC1C2CCC2(C)C1CCC2(O)C#Cc1ccccc1. The molecule has 4 aliphatic carbocycles. The fourth-order valence-corrected chi connectivity index (χ4v) is 8.15. The van der Waals surface area contributed by atoms with Crippen molar-refractivity contribution in [2.24, 2.45) is 34.5 Å². The van der Waals surface area contributed by atoms with Crippen LogP contribution in [0.1, 0.15) is 77.2 Å². The van der Waals surface area contributed by atoms with E-state index < -0.39 is 5.60 Å². The van der Waals surface area contributed by atoms with Gasteiger partial charge in [0.15, 0.2) is 0 Å². The molecule has 4 saturated carbocycles. The van der Waals surface area contributed by atoms with Crippen molar-refractivity contribution >= 4 is 0 Å². The molecule has 0 amide bonds. The fraction of sp³-hybridized carbons (Fsp3) is 0.704. The Morgan fingerprint density at radius 1 is 0.897 bits per heavy atom. The zero-order valence-corrected chi connectivity index (χ0v) is 18.0. The highest BCUT2D eigenvalue weighted by atomic mass is 16.3. The number of benzene rings is 1. The zero-order chi connectivity index (χ0) is 20.3. The minimum Gasteiger partial charge on any atom is -0.393 e. The van der Waals surface area contributed by atoms with Crippen molar-refractivity contribution in [2.45, 2.75) is 83.3 Å². The van der Waals surface area contributed by atoms with Crippen molar-refractivity contribution in [1.82, 2.24) is 0 Å². The molecule has 0 aromatic heterocycles. The van der Waals surface area contributed by atoms with Gasteiger partial charge in [-0.15, -0.1) is 0 Å². The van der Waals surface area contributed by atoms with Gasteiger partial charge in [0.05, 0.1) is 6.10 Å². The lowest BCUT2D eigenvalue weighted by Crippen LogP contribution is -2.56. The van der Waals surface area contributed by atoms with Crippen molar-refractivity contribution in [3.63, 3.8) is 0 Å². The second-order valence-electron chi connectivity index (χ2n) is 11.1. The van der Waals surface area contributed by atoms with E-state index in [4.69, 9.17) is 0 Å². The molecule has 0 aliphatic heterocycles. The van der Waals surface area contributed by atoms with Crippen LogP contribution in [0.2, 0.25) is 0 Å². The maximum absolute atomic E-state index is 11.7. The molecule has 2 nitrogen and oxygen atoms in total. The Bertz CT molecular complexity index is 822. The van der Waals surface area contributed by atoms with E-state index in [-0.39, 0.29) is 11.5 Å². The van der Waals surface area contributed by atoms with Crippen LogP contribution in [-0.4, -0.2) is 21.9 Å². The summed E-state index contributed by atoms with van der Waals surface area (Å²) in [6.45, 7) is 4.86. The third-order valence-corrected chi connectivity index (χ3v) is 9.98. The topological polar surface area (TPSA) is 40.5 Å². The molecule has 156 valence electrons. The molecule has 8 atom stereocenters. The van der Waals surface area contributed by atoms with E-state index in [1.54, 1.807) is 0 Å². The van der Waals surface area contributed by atoms with Crippen molar-refractivity contribution in [3.8, 4) is 11.8 Å². The predicted molar refractivity (Wildman–Crippen MR) is 116 cm³/mol. The van der Waals surface area contributed by atoms with Crippen LogP contribution in [-0.2, 0) is 0 Å². The molecule has 1 aromatic carbocycles. The fourth-order valence-electron chi connectivity index (χ4n) is 8.15. The smallest absolute Gasteiger partial charge is 0.131 e. The molecular formula is C27H36O2. The number of hydrogen-bond acceptors (Lipinski definition) is 2. The van der Waals surface area contributed by atoms with Gasteiger partial charge in [0, 0.05) is 11.0 Å². The lowest BCUT2D eigenvalue weighted by atomic mass is 9.44. The Hall–Kier alpha value is -1.30. The first-order chi connectivity index (χ1) is 13.9.